The summed E-state index contributed by atoms with van der Waals surface area (Å²) in [5.41, 5.74) is 16.0. The Hall–Kier alpha value is -2.04. The van der Waals surface area contributed by atoms with E-state index in [9.17, 15) is 0 Å². The summed E-state index contributed by atoms with van der Waals surface area (Å²) in [6.07, 6.45) is 5.89. The normalized spacial score (nSPS) is 19.9. The minimum Gasteiger partial charge on any atom is -0.494 e. The lowest BCUT2D eigenvalue weighted by Gasteiger charge is -2.13. The van der Waals surface area contributed by atoms with Crippen molar-refractivity contribution in [2.45, 2.75) is 51.1 Å². The zero-order chi connectivity index (χ0) is 17.5. The molecule has 0 amide bonds. The van der Waals surface area contributed by atoms with Gasteiger partial charge in [0.1, 0.15) is 5.75 Å². The lowest BCUT2D eigenvalue weighted by molar-refractivity contribution is 0.304. The van der Waals surface area contributed by atoms with Crippen LogP contribution >= 0.6 is 0 Å². The van der Waals surface area contributed by atoms with Crippen LogP contribution in [0.2, 0.25) is 0 Å². The molecule has 1 aliphatic heterocycles. The highest BCUT2D eigenvalue weighted by Gasteiger charge is 2.26. The molecule has 25 heavy (non-hydrogen) atoms. The van der Waals surface area contributed by atoms with Crippen molar-refractivity contribution in [3.63, 3.8) is 0 Å². The number of unbranched alkanes of at least 4 members (excludes halogenated alkanes) is 3. The molecule has 2 atom stereocenters. The summed E-state index contributed by atoms with van der Waals surface area (Å²) in [6, 6.07) is 17.1. The lowest BCUT2D eigenvalue weighted by atomic mass is 9.97. The van der Waals surface area contributed by atoms with E-state index in [0.717, 1.165) is 30.9 Å². The molecule has 0 aromatic heterocycles. The van der Waals surface area contributed by atoms with E-state index in [1.165, 1.54) is 30.4 Å². The third kappa shape index (κ3) is 4.97. The molecule has 0 saturated carbocycles. The SMILES string of the molecule is CCCCCCOc1cccc(C2CC(c3cccc(N)c3)NN2)c1. The molecule has 4 N–H and O–H groups in total. The molecule has 2 aromatic rings. The fourth-order valence-electron chi connectivity index (χ4n) is 3.31. The fraction of sp³-hybridized carbons (Fsp3) is 0.429. The Bertz CT molecular complexity index is 674. The summed E-state index contributed by atoms with van der Waals surface area (Å²) in [6.45, 7) is 3.02. The highest BCUT2D eigenvalue weighted by Crippen LogP contribution is 2.32. The summed E-state index contributed by atoms with van der Waals surface area (Å²) in [7, 11) is 0. The second-order valence-corrected chi connectivity index (χ2v) is 6.78. The van der Waals surface area contributed by atoms with Gasteiger partial charge >= 0.3 is 0 Å². The zero-order valence-corrected chi connectivity index (χ0v) is 15.0. The Morgan fingerprint density at radius 3 is 2.40 bits per heavy atom. The van der Waals surface area contributed by atoms with Gasteiger partial charge in [-0.3, -0.25) is 0 Å². The second kappa shape index (κ2) is 8.88. The highest BCUT2D eigenvalue weighted by molar-refractivity contribution is 5.42. The van der Waals surface area contributed by atoms with Crippen LogP contribution in [0.5, 0.6) is 5.75 Å². The highest BCUT2D eigenvalue weighted by atomic mass is 16.5. The predicted octanol–water partition coefficient (Wildman–Crippen LogP) is 4.51. The number of ether oxygens (including phenoxy) is 1. The van der Waals surface area contributed by atoms with E-state index in [1.54, 1.807) is 0 Å². The van der Waals surface area contributed by atoms with Gasteiger partial charge in [-0.15, -0.1) is 0 Å². The summed E-state index contributed by atoms with van der Waals surface area (Å²) in [5, 5.41) is 0. The number of hydrogen-bond donors (Lipinski definition) is 3. The smallest absolute Gasteiger partial charge is 0.119 e. The molecule has 1 aliphatic rings. The predicted molar refractivity (Wildman–Crippen MR) is 103 cm³/mol. The lowest BCUT2D eigenvalue weighted by Crippen LogP contribution is -2.26. The molecule has 1 fully saturated rings. The molecule has 2 aromatic carbocycles. The van der Waals surface area contributed by atoms with Crippen molar-refractivity contribution in [3.8, 4) is 5.75 Å². The van der Waals surface area contributed by atoms with Gasteiger partial charge in [0.15, 0.2) is 0 Å². The Balaban J connectivity index is 1.56. The number of nitrogen functional groups attached to an aromatic ring is 1. The van der Waals surface area contributed by atoms with Gasteiger partial charge in [-0.05, 0) is 48.2 Å². The number of benzene rings is 2. The van der Waals surface area contributed by atoms with E-state index in [4.69, 9.17) is 10.5 Å². The van der Waals surface area contributed by atoms with Crippen LogP contribution in [0.4, 0.5) is 5.69 Å². The Kier molecular flexibility index (Phi) is 6.31. The van der Waals surface area contributed by atoms with E-state index < -0.39 is 0 Å². The Morgan fingerprint density at radius 1 is 0.960 bits per heavy atom. The number of rotatable bonds is 8. The Morgan fingerprint density at radius 2 is 1.68 bits per heavy atom. The largest absolute Gasteiger partial charge is 0.494 e. The molecule has 0 bridgehead atoms. The third-order valence-corrected chi connectivity index (χ3v) is 4.74. The molecule has 4 nitrogen and oxygen atoms in total. The van der Waals surface area contributed by atoms with Crippen molar-refractivity contribution in [3.05, 3.63) is 59.7 Å². The molecule has 2 unspecified atom stereocenters. The average Bonchev–Trinajstić information content (AvgIpc) is 3.12. The van der Waals surface area contributed by atoms with Crippen LogP contribution in [-0.4, -0.2) is 6.61 Å². The van der Waals surface area contributed by atoms with E-state index in [-0.39, 0.29) is 12.1 Å². The molecule has 134 valence electrons. The number of anilines is 1. The minimum absolute atomic E-state index is 0.270. The van der Waals surface area contributed by atoms with Crippen LogP contribution in [0.3, 0.4) is 0 Å². The molecule has 3 rings (SSSR count). The van der Waals surface area contributed by atoms with Crippen molar-refractivity contribution >= 4 is 5.69 Å². The first-order chi connectivity index (χ1) is 12.3. The van der Waals surface area contributed by atoms with Crippen molar-refractivity contribution in [2.75, 3.05) is 12.3 Å². The molecule has 1 saturated heterocycles. The quantitative estimate of drug-likeness (QED) is 0.489. The molecule has 0 radical (unpaired) electrons. The topological polar surface area (TPSA) is 59.3 Å². The van der Waals surface area contributed by atoms with Crippen LogP contribution in [0.25, 0.3) is 0 Å². The van der Waals surface area contributed by atoms with E-state index in [0.29, 0.717) is 0 Å². The summed E-state index contributed by atoms with van der Waals surface area (Å²) >= 11 is 0. The number of hydrogen-bond acceptors (Lipinski definition) is 4. The molecule has 0 aliphatic carbocycles. The van der Waals surface area contributed by atoms with Gasteiger partial charge in [-0.1, -0.05) is 50.5 Å². The first-order valence-corrected chi connectivity index (χ1v) is 9.35. The standard InChI is InChI=1S/C21H29N3O/c1-2-3-4-5-12-25-19-11-7-9-17(14-19)21-15-20(23-24-21)16-8-6-10-18(22)13-16/h6-11,13-14,20-21,23-24H,2-5,12,15,22H2,1H3. The van der Waals surface area contributed by atoms with Crippen molar-refractivity contribution in [1.82, 2.24) is 10.9 Å². The molecular weight excluding hydrogens is 310 g/mol. The van der Waals surface area contributed by atoms with Crippen LogP contribution in [0.1, 0.15) is 62.2 Å². The van der Waals surface area contributed by atoms with Gasteiger partial charge in [0.05, 0.1) is 6.61 Å². The van der Waals surface area contributed by atoms with E-state index in [2.05, 4.69) is 42.0 Å². The van der Waals surface area contributed by atoms with Crippen LogP contribution in [-0.2, 0) is 0 Å². The van der Waals surface area contributed by atoms with Crippen LogP contribution < -0.4 is 21.3 Å². The number of hydrazine groups is 1. The van der Waals surface area contributed by atoms with Gasteiger partial charge in [-0.25, -0.2) is 10.9 Å². The van der Waals surface area contributed by atoms with Crippen molar-refractivity contribution < 1.29 is 4.74 Å². The Labute approximate surface area is 150 Å². The van der Waals surface area contributed by atoms with Gasteiger partial charge in [0.25, 0.3) is 0 Å². The summed E-state index contributed by atoms with van der Waals surface area (Å²) in [5.74, 6) is 0.961. The van der Waals surface area contributed by atoms with Crippen LogP contribution in [0.15, 0.2) is 48.5 Å². The molecular formula is C21H29N3O. The maximum Gasteiger partial charge on any atom is 0.119 e. The van der Waals surface area contributed by atoms with Crippen molar-refractivity contribution in [2.24, 2.45) is 0 Å². The maximum atomic E-state index is 5.92. The average molecular weight is 339 g/mol. The van der Waals surface area contributed by atoms with Crippen molar-refractivity contribution in [1.29, 1.82) is 0 Å². The van der Waals surface area contributed by atoms with Gasteiger partial charge in [0.2, 0.25) is 0 Å². The summed E-state index contributed by atoms with van der Waals surface area (Å²) in [4.78, 5) is 0. The fourth-order valence-corrected chi connectivity index (χ4v) is 3.31. The van der Waals surface area contributed by atoms with Crippen LogP contribution in [0, 0.1) is 0 Å². The number of nitrogens with one attached hydrogen (secondary N) is 2. The maximum absolute atomic E-state index is 5.92. The van der Waals surface area contributed by atoms with E-state index >= 15 is 0 Å². The summed E-state index contributed by atoms with van der Waals surface area (Å²) < 4.78 is 5.92. The number of nitrogens with two attached hydrogens (primary N) is 1. The monoisotopic (exact) mass is 339 g/mol. The third-order valence-electron chi connectivity index (χ3n) is 4.74. The van der Waals surface area contributed by atoms with Gasteiger partial charge in [-0.2, -0.15) is 0 Å². The molecule has 0 spiro atoms. The first-order valence-electron chi connectivity index (χ1n) is 9.35. The molecule has 1 heterocycles. The zero-order valence-electron chi connectivity index (χ0n) is 15.0. The minimum atomic E-state index is 0.270. The van der Waals surface area contributed by atoms with E-state index in [1.807, 2.05) is 24.3 Å². The first kappa shape index (κ1) is 17.8. The van der Waals surface area contributed by atoms with Gasteiger partial charge in [0, 0.05) is 17.8 Å². The second-order valence-electron chi connectivity index (χ2n) is 6.78. The molecule has 4 heteroatoms. The van der Waals surface area contributed by atoms with Gasteiger partial charge < -0.3 is 10.5 Å².